The van der Waals surface area contributed by atoms with E-state index in [0.717, 1.165) is 5.69 Å². The van der Waals surface area contributed by atoms with Crippen LogP contribution in [0.15, 0.2) is 0 Å². The van der Waals surface area contributed by atoms with Crippen LogP contribution in [-0.4, -0.2) is 27.6 Å². The molecule has 0 aromatic carbocycles. The molecule has 0 aliphatic rings. The lowest BCUT2D eigenvalue weighted by atomic mass is 10.1. The lowest BCUT2D eigenvalue weighted by molar-refractivity contribution is 0.0517. The smallest absolute Gasteiger partial charge is 0.360 e. The zero-order chi connectivity index (χ0) is 10.7. The third-order valence-corrected chi connectivity index (χ3v) is 1.89. The minimum atomic E-state index is -0.399. The predicted molar refractivity (Wildman–Crippen MR) is 51.0 cm³/mol. The average Bonchev–Trinajstić information content (AvgIpc) is 2.47. The van der Waals surface area contributed by atoms with Gasteiger partial charge in [-0.15, -0.1) is 5.10 Å². The summed E-state index contributed by atoms with van der Waals surface area (Å²) < 4.78 is 6.49. The second kappa shape index (κ2) is 4.21. The summed E-state index contributed by atoms with van der Waals surface area (Å²) in [5.41, 5.74) is 1.13. The fourth-order valence-corrected chi connectivity index (χ4v) is 1.36. The third kappa shape index (κ3) is 1.92. The molecule has 1 aromatic rings. The molecule has 0 saturated carbocycles. The lowest BCUT2D eigenvalue weighted by Gasteiger charge is -2.06. The van der Waals surface area contributed by atoms with E-state index in [4.69, 9.17) is 4.74 Å². The highest BCUT2D eigenvalue weighted by molar-refractivity contribution is 5.88. The molecule has 0 amide bonds. The average molecular weight is 197 g/mol. The van der Waals surface area contributed by atoms with Gasteiger partial charge >= 0.3 is 5.97 Å². The number of esters is 1. The van der Waals surface area contributed by atoms with Gasteiger partial charge in [0.05, 0.1) is 12.3 Å². The molecule has 0 bridgehead atoms. The Kier molecular flexibility index (Phi) is 3.22. The van der Waals surface area contributed by atoms with E-state index in [1.54, 1.807) is 18.7 Å². The van der Waals surface area contributed by atoms with Crippen molar-refractivity contribution < 1.29 is 9.53 Å². The number of hydrogen-bond donors (Lipinski definition) is 0. The van der Waals surface area contributed by atoms with Crippen LogP contribution in [-0.2, 0) is 11.8 Å². The van der Waals surface area contributed by atoms with Gasteiger partial charge in [0, 0.05) is 7.05 Å². The Morgan fingerprint density at radius 3 is 2.71 bits per heavy atom. The Morgan fingerprint density at radius 1 is 1.57 bits per heavy atom. The van der Waals surface area contributed by atoms with Crippen molar-refractivity contribution in [3.8, 4) is 0 Å². The minimum absolute atomic E-state index is 0.203. The van der Waals surface area contributed by atoms with Crippen molar-refractivity contribution in [2.45, 2.75) is 26.7 Å². The number of ether oxygens (including phenoxy) is 1. The van der Waals surface area contributed by atoms with Gasteiger partial charge in [0.25, 0.3) is 0 Å². The van der Waals surface area contributed by atoms with E-state index in [2.05, 4.69) is 10.3 Å². The Balaban J connectivity index is 3.02. The van der Waals surface area contributed by atoms with Gasteiger partial charge in [-0.05, 0) is 12.8 Å². The SMILES string of the molecule is CCOC(=O)c1nnn(C)c1C(C)C. The quantitative estimate of drug-likeness (QED) is 0.681. The number of nitrogens with zero attached hydrogens (tertiary/aromatic N) is 3. The highest BCUT2D eigenvalue weighted by Crippen LogP contribution is 2.16. The second-order valence-electron chi connectivity index (χ2n) is 3.32. The molecule has 0 fully saturated rings. The van der Waals surface area contributed by atoms with Crippen LogP contribution in [0.5, 0.6) is 0 Å². The Bertz CT molecular complexity index is 331. The van der Waals surface area contributed by atoms with Crippen molar-refractivity contribution in [3.63, 3.8) is 0 Å². The summed E-state index contributed by atoms with van der Waals surface area (Å²) in [6.45, 7) is 6.10. The van der Waals surface area contributed by atoms with Gasteiger partial charge in [-0.3, -0.25) is 4.68 Å². The largest absolute Gasteiger partial charge is 0.461 e. The van der Waals surface area contributed by atoms with Crippen molar-refractivity contribution in [3.05, 3.63) is 11.4 Å². The van der Waals surface area contributed by atoms with Crippen LogP contribution in [0.3, 0.4) is 0 Å². The molecule has 0 unspecified atom stereocenters. The highest BCUT2D eigenvalue weighted by atomic mass is 16.5. The summed E-state index contributed by atoms with van der Waals surface area (Å²) in [6, 6.07) is 0. The number of aromatic nitrogens is 3. The molecule has 0 atom stereocenters. The molecule has 0 aliphatic heterocycles. The van der Waals surface area contributed by atoms with E-state index in [-0.39, 0.29) is 5.92 Å². The molecule has 1 rings (SSSR count). The van der Waals surface area contributed by atoms with Gasteiger partial charge in [-0.2, -0.15) is 0 Å². The molecule has 1 heterocycles. The van der Waals surface area contributed by atoms with Gasteiger partial charge in [0.2, 0.25) is 0 Å². The zero-order valence-electron chi connectivity index (χ0n) is 8.94. The summed E-state index contributed by atoms with van der Waals surface area (Å²) >= 11 is 0. The van der Waals surface area contributed by atoms with E-state index in [1.165, 1.54) is 0 Å². The molecular formula is C9H15N3O2. The van der Waals surface area contributed by atoms with Crippen molar-refractivity contribution >= 4 is 5.97 Å². The molecule has 0 saturated heterocycles. The molecule has 5 nitrogen and oxygen atoms in total. The molecule has 0 N–H and O–H groups in total. The van der Waals surface area contributed by atoms with Crippen LogP contribution in [0.2, 0.25) is 0 Å². The first-order valence-electron chi connectivity index (χ1n) is 4.64. The van der Waals surface area contributed by atoms with Gasteiger partial charge in [-0.1, -0.05) is 19.1 Å². The van der Waals surface area contributed by atoms with E-state index in [0.29, 0.717) is 12.3 Å². The van der Waals surface area contributed by atoms with Crippen LogP contribution in [0.1, 0.15) is 42.9 Å². The maximum absolute atomic E-state index is 11.4. The first-order valence-corrected chi connectivity index (χ1v) is 4.64. The fraction of sp³-hybridized carbons (Fsp3) is 0.667. The van der Waals surface area contributed by atoms with Crippen LogP contribution in [0.25, 0.3) is 0 Å². The number of hydrogen-bond acceptors (Lipinski definition) is 4. The summed E-state index contributed by atoms with van der Waals surface area (Å²) in [5, 5.41) is 7.60. The first kappa shape index (κ1) is 10.7. The molecule has 78 valence electrons. The van der Waals surface area contributed by atoms with Crippen LogP contribution >= 0.6 is 0 Å². The molecule has 0 aliphatic carbocycles. The zero-order valence-corrected chi connectivity index (χ0v) is 8.94. The second-order valence-corrected chi connectivity index (χ2v) is 3.32. The van der Waals surface area contributed by atoms with Gasteiger partial charge in [-0.25, -0.2) is 4.79 Å². The lowest BCUT2D eigenvalue weighted by Crippen LogP contribution is -2.10. The van der Waals surface area contributed by atoms with Crippen molar-refractivity contribution in [2.24, 2.45) is 7.05 Å². The standard InChI is InChI=1S/C9H15N3O2/c1-5-14-9(13)7-8(6(2)3)12(4)11-10-7/h6H,5H2,1-4H3. The van der Waals surface area contributed by atoms with E-state index in [9.17, 15) is 4.79 Å². The van der Waals surface area contributed by atoms with Crippen molar-refractivity contribution in [1.29, 1.82) is 0 Å². The molecule has 14 heavy (non-hydrogen) atoms. The molecular weight excluding hydrogens is 182 g/mol. The van der Waals surface area contributed by atoms with Crippen LogP contribution in [0.4, 0.5) is 0 Å². The fourth-order valence-electron chi connectivity index (χ4n) is 1.36. The van der Waals surface area contributed by atoms with Gasteiger partial charge in [0.15, 0.2) is 5.69 Å². The summed E-state index contributed by atoms with van der Waals surface area (Å²) in [5.74, 6) is -0.196. The number of carbonyl (C=O) groups is 1. The Labute approximate surface area is 83.1 Å². The normalized spacial score (nSPS) is 10.6. The van der Waals surface area contributed by atoms with Gasteiger partial charge in [0.1, 0.15) is 0 Å². The van der Waals surface area contributed by atoms with Gasteiger partial charge < -0.3 is 4.74 Å². The monoisotopic (exact) mass is 197 g/mol. The van der Waals surface area contributed by atoms with Crippen LogP contribution < -0.4 is 0 Å². The Hall–Kier alpha value is -1.39. The minimum Gasteiger partial charge on any atom is -0.461 e. The maximum atomic E-state index is 11.4. The van der Waals surface area contributed by atoms with Crippen molar-refractivity contribution in [2.75, 3.05) is 6.61 Å². The number of aryl methyl sites for hydroxylation is 1. The molecule has 1 aromatic heterocycles. The molecule has 0 spiro atoms. The maximum Gasteiger partial charge on any atom is 0.360 e. The Morgan fingerprint density at radius 2 is 2.21 bits per heavy atom. The molecule has 5 heteroatoms. The summed E-state index contributed by atoms with van der Waals surface area (Å²) in [7, 11) is 1.77. The summed E-state index contributed by atoms with van der Waals surface area (Å²) in [6.07, 6.45) is 0. The predicted octanol–water partition coefficient (Wildman–Crippen LogP) is 1.12. The topological polar surface area (TPSA) is 57.0 Å². The van der Waals surface area contributed by atoms with E-state index in [1.807, 2.05) is 13.8 Å². The van der Waals surface area contributed by atoms with E-state index >= 15 is 0 Å². The highest BCUT2D eigenvalue weighted by Gasteiger charge is 2.21. The van der Waals surface area contributed by atoms with E-state index < -0.39 is 5.97 Å². The summed E-state index contributed by atoms with van der Waals surface area (Å²) in [4.78, 5) is 11.4. The number of carbonyl (C=O) groups excluding carboxylic acids is 1. The van der Waals surface area contributed by atoms with Crippen LogP contribution in [0, 0.1) is 0 Å². The molecule has 0 radical (unpaired) electrons. The van der Waals surface area contributed by atoms with Crippen molar-refractivity contribution in [1.82, 2.24) is 15.0 Å². The number of rotatable bonds is 3. The first-order chi connectivity index (χ1) is 6.57. The third-order valence-electron chi connectivity index (χ3n) is 1.89.